The number of carbonyl (C=O) groups excluding carboxylic acids is 2. The number of benzene rings is 2. The van der Waals surface area contributed by atoms with Gasteiger partial charge in [0.2, 0.25) is 0 Å². The lowest BCUT2D eigenvalue weighted by Gasteiger charge is -2.06. The van der Waals surface area contributed by atoms with Crippen LogP contribution in [0.1, 0.15) is 5.56 Å². The van der Waals surface area contributed by atoms with Crippen molar-refractivity contribution in [3.63, 3.8) is 0 Å². The summed E-state index contributed by atoms with van der Waals surface area (Å²) < 4.78 is 0.876. The second-order valence-electron chi connectivity index (χ2n) is 4.31. The minimum absolute atomic E-state index is 0.160. The second-order valence-corrected chi connectivity index (χ2v) is 6.01. The van der Waals surface area contributed by atoms with E-state index < -0.39 is 11.8 Å². The van der Waals surface area contributed by atoms with E-state index in [4.69, 9.17) is 23.2 Å². The summed E-state index contributed by atoms with van der Waals surface area (Å²) in [6, 6.07) is 12.0. The molecule has 0 aliphatic carbocycles. The van der Waals surface area contributed by atoms with Crippen LogP contribution in [-0.4, -0.2) is 18.0 Å². The molecule has 2 rings (SSSR count). The topological polar surface area (TPSA) is 70.6 Å². The van der Waals surface area contributed by atoms with Gasteiger partial charge in [-0.1, -0.05) is 57.3 Å². The van der Waals surface area contributed by atoms with Gasteiger partial charge < -0.3 is 5.32 Å². The third-order valence-electron chi connectivity index (χ3n) is 2.63. The maximum atomic E-state index is 11.8. The standard InChI is InChI=1S/C15H10BrCl2N3O2/c16-10-4-1-3-9(7-10)8-19-21-15(23)14(22)20-12-6-2-5-11(17)13(12)18/h1-8H,(H,20,22)(H,21,23)/b19-8+. The molecule has 2 aromatic carbocycles. The summed E-state index contributed by atoms with van der Waals surface area (Å²) in [5.41, 5.74) is 3.14. The number of rotatable bonds is 3. The smallest absolute Gasteiger partial charge is 0.316 e. The Morgan fingerprint density at radius 2 is 1.83 bits per heavy atom. The Hall–Kier alpha value is -1.89. The fourth-order valence-electron chi connectivity index (χ4n) is 1.58. The molecule has 0 unspecified atom stereocenters. The molecule has 2 amide bonds. The molecule has 0 spiro atoms. The van der Waals surface area contributed by atoms with Crippen LogP contribution in [0.25, 0.3) is 0 Å². The molecule has 23 heavy (non-hydrogen) atoms. The zero-order valence-electron chi connectivity index (χ0n) is 11.5. The first kappa shape index (κ1) is 17.5. The third kappa shape index (κ3) is 5.06. The van der Waals surface area contributed by atoms with Crippen LogP contribution in [0.2, 0.25) is 10.0 Å². The monoisotopic (exact) mass is 413 g/mol. The SMILES string of the molecule is O=C(N/N=C/c1cccc(Br)c1)C(=O)Nc1cccc(Cl)c1Cl. The summed E-state index contributed by atoms with van der Waals surface area (Å²) in [4.78, 5) is 23.4. The molecule has 0 aromatic heterocycles. The summed E-state index contributed by atoms with van der Waals surface area (Å²) >= 11 is 15.1. The van der Waals surface area contributed by atoms with Crippen molar-refractivity contribution in [2.75, 3.05) is 5.32 Å². The third-order valence-corrected chi connectivity index (χ3v) is 3.95. The first-order valence-electron chi connectivity index (χ1n) is 6.31. The normalized spacial score (nSPS) is 10.6. The number of halogens is 3. The van der Waals surface area contributed by atoms with Gasteiger partial charge in [0, 0.05) is 4.47 Å². The zero-order chi connectivity index (χ0) is 16.8. The Morgan fingerprint density at radius 3 is 2.57 bits per heavy atom. The van der Waals surface area contributed by atoms with E-state index in [0.717, 1.165) is 10.0 Å². The maximum absolute atomic E-state index is 11.8. The second kappa shape index (κ2) is 8.10. The van der Waals surface area contributed by atoms with Crippen LogP contribution in [0, 0.1) is 0 Å². The molecular weight excluding hydrogens is 405 g/mol. The first-order valence-corrected chi connectivity index (χ1v) is 7.86. The summed E-state index contributed by atoms with van der Waals surface area (Å²) in [5, 5.41) is 6.52. The summed E-state index contributed by atoms with van der Waals surface area (Å²) in [7, 11) is 0. The minimum Gasteiger partial charge on any atom is -0.316 e. The van der Waals surface area contributed by atoms with Crippen molar-refractivity contribution >= 4 is 62.8 Å². The number of carbonyl (C=O) groups is 2. The Kier molecular flexibility index (Phi) is 6.15. The molecular formula is C15H10BrCl2N3O2. The Morgan fingerprint density at radius 1 is 1.09 bits per heavy atom. The maximum Gasteiger partial charge on any atom is 0.329 e. The van der Waals surface area contributed by atoms with Crippen molar-refractivity contribution in [2.24, 2.45) is 5.10 Å². The average Bonchev–Trinajstić information content (AvgIpc) is 2.51. The van der Waals surface area contributed by atoms with Crippen molar-refractivity contribution in [3.05, 3.63) is 62.5 Å². The molecule has 0 radical (unpaired) electrons. The molecule has 0 aliphatic heterocycles. The number of hydrazone groups is 1. The van der Waals surface area contributed by atoms with Crippen molar-refractivity contribution in [2.45, 2.75) is 0 Å². The highest BCUT2D eigenvalue weighted by Gasteiger charge is 2.15. The van der Waals surface area contributed by atoms with Crippen LogP contribution in [0.4, 0.5) is 5.69 Å². The number of amides is 2. The molecule has 2 N–H and O–H groups in total. The molecule has 0 saturated carbocycles. The van der Waals surface area contributed by atoms with Crippen LogP contribution in [0.3, 0.4) is 0 Å². The molecule has 0 fully saturated rings. The van der Waals surface area contributed by atoms with E-state index in [-0.39, 0.29) is 15.7 Å². The number of hydrogen-bond donors (Lipinski definition) is 2. The van der Waals surface area contributed by atoms with Gasteiger partial charge >= 0.3 is 11.8 Å². The molecule has 0 saturated heterocycles. The van der Waals surface area contributed by atoms with E-state index in [1.54, 1.807) is 18.2 Å². The van der Waals surface area contributed by atoms with Crippen molar-refractivity contribution < 1.29 is 9.59 Å². The van der Waals surface area contributed by atoms with Crippen LogP contribution in [0.5, 0.6) is 0 Å². The highest BCUT2D eigenvalue weighted by molar-refractivity contribution is 9.10. The van der Waals surface area contributed by atoms with E-state index in [0.29, 0.717) is 0 Å². The van der Waals surface area contributed by atoms with Crippen molar-refractivity contribution in [3.8, 4) is 0 Å². The van der Waals surface area contributed by atoms with Gasteiger partial charge in [-0.2, -0.15) is 5.10 Å². The summed E-state index contributed by atoms with van der Waals surface area (Å²) in [5.74, 6) is -1.83. The quantitative estimate of drug-likeness (QED) is 0.455. The molecule has 2 aromatic rings. The van der Waals surface area contributed by atoms with E-state index in [1.165, 1.54) is 12.3 Å². The largest absolute Gasteiger partial charge is 0.329 e. The molecule has 0 bridgehead atoms. The van der Waals surface area contributed by atoms with Crippen molar-refractivity contribution in [1.82, 2.24) is 5.43 Å². The van der Waals surface area contributed by atoms with Gasteiger partial charge in [0.25, 0.3) is 0 Å². The van der Waals surface area contributed by atoms with Crippen LogP contribution in [0.15, 0.2) is 52.0 Å². The first-order chi connectivity index (χ1) is 11.0. The van der Waals surface area contributed by atoms with Gasteiger partial charge in [0.1, 0.15) is 0 Å². The van der Waals surface area contributed by atoms with Gasteiger partial charge in [-0.05, 0) is 29.8 Å². The molecule has 0 aliphatic rings. The van der Waals surface area contributed by atoms with Gasteiger partial charge in [-0.3, -0.25) is 9.59 Å². The molecule has 0 heterocycles. The highest BCUT2D eigenvalue weighted by Crippen LogP contribution is 2.29. The number of nitrogens with one attached hydrogen (secondary N) is 2. The van der Waals surface area contributed by atoms with Gasteiger partial charge in [-0.15, -0.1) is 0 Å². The lowest BCUT2D eigenvalue weighted by atomic mass is 10.2. The fraction of sp³-hybridized carbons (Fsp3) is 0. The number of nitrogens with zero attached hydrogens (tertiary/aromatic N) is 1. The summed E-state index contributed by atoms with van der Waals surface area (Å²) in [6.07, 6.45) is 1.42. The van der Waals surface area contributed by atoms with Gasteiger partial charge in [0.05, 0.1) is 21.9 Å². The van der Waals surface area contributed by atoms with Crippen LogP contribution in [-0.2, 0) is 9.59 Å². The van der Waals surface area contributed by atoms with Crippen LogP contribution < -0.4 is 10.7 Å². The fourth-order valence-corrected chi connectivity index (χ4v) is 2.35. The summed E-state index contributed by atoms with van der Waals surface area (Å²) in [6.45, 7) is 0. The minimum atomic E-state index is -0.924. The predicted octanol–water partition coefficient (Wildman–Crippen LogP) is 3.84. The number of hydrogen-bond acceptors (Lipinski definition) is 3. The van der Waals surface area contributed by atoms with E-state index in [1.807, 2.05) is 18.2 Å². The van der Waals surface area contributed by atoms with E-state index in [9.17, 15) is 9.59 Å². The van der Waals surface area contributed by atoms with Crippen LogP contribution >= 0.6 is 39.1 Å². The molecule has 118 valence electrons. The highest BCUT2D eigenvalue weighted by atomic mass is 79.9. The molecule has 8 heteroatoms. The Bertz CT molecular complexity index is 781. The molecule has 0 atom stereocenters. The lowest BCUT2D eigenvalue weighted by molar-refractivity contribution is -0.136. The van der Waals surface area contributed by atoms with Crippen molar-refractivity contribution in [1.29, 1.82) is 0 Å². The predicted molar refractivity (Wildman–Crippen MR) is 95.0 cm³/mol. The zero-order valence-corrected chi connectivity index (χ0v) is 14.6. The van der Waals surface area contributed by atoms with E-state index >= 15 is 0 Å². The van der Waals surface area contributed by atoms with Gasteiger partial charge in [-0.25, -0.2) is 5.43 Å². The lowest BCUT2D eigenvalue weighted by Crippen LogP contribution is -2.32. The number of anilines is 1. The van der Waals surface area contributed by atoms with E-state index in [2.05, 4.69) is 31.8 Å². The average molecular weight is 415 g/mol. The Labute approximate surface area is 150 Å². The molecule has 5 nitrogen and oxygen atoms in total. The van der Waals surface area contributed by atoms with Gasteiger partial charge in [0.15, 0.2) is 0 Å². The Balaban J connectivity index is 1.95.